The Balaban J connectivity index is 0.771. The molecule has 10 atom stereocenters. The number of hydrogen-bond acceptors (Lipinski definition) is 23. The quantitative estimate of drug-likeness (QED) is 0.0762. The molecule has 0 saturated carbocycles. The average Bonchev–Trinajstić information content (AvgIpc) is 4.12. The molecule has 0 unspecified atom stereocenters. The van der Waals surface area contributed by atoms with E-state index < -0.39 is 49.1 Å². The van der Waals surface area contributed by atoms with Crippen molar-refractivity contribution < 1.29 is 34.7 Å². The maximum absolute atomic E-state index is 13.5. The van der Waals surface area contributed by atoms with E-state index in [0.717, 1.165) is 12.8 Å². The van der Waals surface area contributed by atoms with Gasteiger partial charge in [-0.05, 0) is 49.0 Å². The number of aliphatic hydroxyl groups is 4. The number of ether oxygens (including phenoxy) is 2. The van der Waals surface area contributed by atoms with Gasteiger partial charge in [-0.1, -0.05) is 0 Å². The molecule has 328 valence electrons. The third-order valence-corrected chi connectivity index (χ3v) is 12.1. The lowest BCUT2D eigenvalue weighted by Crippen LogP contribution is -2.29. The largest absolute Gasteiger partial charge is 0.387 e. The van der Waals surface area contributed by atoms with Crippen LogP contribution < -0.4 is 21.3 Å². The fraction of sp³-hybridized carbons (Fsp3) is 0.629. The molecule has 0 amide bonds. The van der Waals surface area contributed by atoms with Crippen LogP contribution in [0.25, 0.3) is 22.3 Å². The topological polar surface area (TPSA) is 349 Å². The van der Waals surface area contributed by atoms with Gasteiger partial charge >= 0.3 is 0 Å². The predicted octanol–water partition coefficient (Wildman–Crippen LogP) is -2.17. The van der Waals surface area contributed by atoms with Gasteiger partial charge in [0.25, 0.3) is 0 Å². The number of rotatable bonds is 12. The van der Waals surface area contributed by atoms with Crippen LogP contribution in [0.5, 0.6) is 0 Å². The molecule has 8 N–H and O–H groups in total. The highest BCUT2D eigenvalue weighted by molar-refractivity contribution is 5.84. The molecule has 4 fully saturated rings. The summed E-state index contributed by atoms with van der Waals surface area (Å²) in [6, 6.07) is 0. The van der Waals surface area contributed by atoms with E-state index in [4.69, 9.17) is 30.9 Å². The molecule has 0 radical (unpaired) electrons. The number of nitrogens with zero attached hydrogens (tertiary/aromatic N) is 18. The minimum absolute atomic E-state index is 0.0665. The van der Waals surface area contributed by atoms with Gasteiger partial charge in [0.15, 0.2) is 47.6 Å². The predicted molar refractivity (Wildman–Crippen MR) is 211 cm³/mol. The number of ketones is 1. The zero-order valence-electron chi connectivity index (χ0n) is 33.7. The van der Waals surface area contributed by atoms with E-state index in [2.05, 4.69) is 50.8 Å². The maximum Gasteiger partial charge on any atom is 0.229 e. The van der Waals surface area contributed by atoms with Crippen LogP contribution in [0.2, 0.25) is 0 Å². The number of anilines is 4. The van der Waals surface area contributed by atoms with Crippen LogP contribution in [0.3, 0.4) is 0 Å². The van der Waals surface area contributed by atoms with Gasteiger partial charge in [0.05, 0.1) is 25.7 Å². The van der Waals surface area contributed by atoms with E-state index in [0.29, 0.717) is 86.3 Å². The minimum atomic E-state index is -1.35. The van der Waals surface area contributed by atoms with E-state index in [1.807, 2.05) is 23.6 Å². The van der Waals surface area contributed by atoms with E-state index in [9.17, 15) is 25.2 Å². The molecule has 0 bridgehead atoms. The van der Waals surface area contributed by atoms with Gasteiger partial charge in [-0.25, -0.2) is 9.97 Å². The fourth-order valence-electron chi connectivity index (χ4n) is 8.81. The highest BCUT2D eigenvalue weighted by atomic mass is 16.6. The standard InChI is InChI=1S/C35H46N20O7/c1-3-54-46-28(44-48-54)24-20(57)22(59)32(61-24)52-13-38-18-26(36)40-34(42-30(18)52)50-7-5-15(11-50)9-17(56)10-16-6-8-51(12-16)35-41-27(37)19-31(43-35)53(14-39-19)33-23(60)21(58)25(62-33)29-45-49-55(4-2)47-29/h13-16,20-25,32-33,57-60H,3-12H2,1-2H3,(H2,36,40,42)(H2,37,41,43)/t15-,16-,20-,21-,22+,23+,24-,25-,32+,33+/m0/s1. The van der Waals surface area contributed by atoms with Crippen LogP contribution in [0.4, 0.5) is 23.5 Å². The Bertz CT molecular complexity index is 2440. The minimum Gasteiger partial charge on any atom is -0.387 e. The molecule has 27 nitrogen and oxygen atoms in total. The van der Waals surface area contributed by atoms with Crippen molar-refractivity contribution in [3.63, 3.8) is 0 Å². The van der Waals surface area contributed by atoms with Crippen molar-refractivity contribution in [3.05, 3.63) is 24.3 Å². The van der Waals surface area contributed by atoms with Crippen LogP contribution in [-0.2, 0) is 27.4 Å². The summed E-state index contributed by atoms with van der Waals surface area (Å²) in [7, 11) is 0. The second-order valence-electron chi connectivity index (χ2n) is 16.1. The third kappa shape index (κ3) is 6.89. The van der Waals surface area contributed by atoms with Gasteiger partial charge < -0.3 is 51.2 Å². The van der Waals surface area contributed by atoms with Gasteiger partial charge in [0.1, 0.15) is 41.2 Å². The van der Waals surface area contributed by atoms with Gasteiger partial charge in [-0.3, -0.25) is 13.9 Å². The Kier molecular flexibility index (Phi) is 10.1. The number of imidazole rings is 2. The third-order valence-electron chi connectivity index (χ3n) is 12.1. The number of carbonyl (C=O) groups is 1. The van der Waals surface area contributed by atoms with E-state index in [1.165, 1.54) is 31.4 Å². The zero-order valence-corrected chi connectivity index (χ0v) is 33.7. The monoisotopic (exact) mass is 858 g/mol. The summed E-state index contributed by atoms with van der Waals surface area (Å²) in [5, 5.41) is 68.0. The number of aromatic nitrogens is 16. The molecule has 0 aliphatic carbocycles. The van der Waals surface area contributed by atoms with Gasteiger partial charge in [-0.15, -0.1) is 20.4 Å². The summed E-state index contributed by atoms with van der Waals surface area (Å²) < 4.78 is 15.1. The molecule has 4 saturated heterocycles. The number of aryl methyl sites for hydroxylation is 2. The summed E-state index contributed by atoms with van der Waals surface area (Å²) in [4.78, 5) is 47.5. The lowest BCUT2D eigenvalue weighted by atomic mass is 9.94. The van der Waals surface area contributed by atoms with Gasteiger partial charge in [0.2, 0.25) is 23.5 Å². The molecular weight excluding hydrogens is 813 g/mol. The summed E-state index contributed by atoms with van der Waals surface area (Å²) in [6.45, 7) is 6.94. The lowest BCUT2D eigenvalue weighted by molar-refractivity contribution is -0.120. The first-order chi connectivity index (χ1) is 30.0. The number of fused-ring (bicyclic) bond motifs is 2. The Hall–Kier alpha value is -6.13. The van der Waals surface area contributed by atoms with Crippen LogP contribution >= 0.6 is 0 Å². The Labute approximate surface area is 350 Å². The normalized spacial score (nSPS) is 29.0. The van der Waals surface area contributed by atoms with Crippen molar-refractivity contribution in [2.75, 3.05) is 47.4 Å². The first-order valence-corrected chi connectivity index (χ1v) is 20.6. The molecule has 6 aromatic rings. The summed E-state index contributed by atoms with van der Waals surface area (Å²) >= 11 is 0. The maximum atomic E-state index is 13.5. The molecule has 6 aromatic heterocycles. The van der Waals surface area contributed by atoms with Crippen molar-refractivity contribution in [1.29, 1.82) is 0 Å². The Morgan fingerprint density at radius 3 is 1.52 bits per heavy atom. The molecule has 4 aliphatic rings. The number of aliphatic hydroxyl groups excluding tert-OH is 4. The molecule has 0 aromatic carbocycles. The fourth-order valence-corrected chi connectivity index (χ4v) is 8.81. The summed E-state index contributed by atoms with van der Waals surface area (Å²) in [5.74, 6) is 1.57. The van der Waals surface area contributed by atoms with Crippen molar-refractivity contribution >= 4 is 51.6 Å². The lowest BCUT2D eigenvalue weighted by Gasteiger charge is -2.19. The number of nitrogens with two attached hydrogens (primary N) is 2. The highest BCUT2D eigenvalue weighted by Gasteiger charge is 2.48. The van der Waals surface area contributed by atoms with Crippen LogP contribution in [-0.4, -0.2) is 156 Å². The van der Waals surface area contributed by atoms with Crippen molar-refractivity contribution in [3.8, 4) is 0 Å². The Morgan fingerprint density at radius 2 is 1.11 bits per heavy atom. The summed E-state index contributed by atoms with van der Waals surface area (Å²) in [6.07, 6.45) is -4.42. The summed E-state index contributed by atoms with van der Waals surface area (Å²) in [5.41, 5.74) is 14.0. The van der Waals surface area contributed by atoms with Gasteiger partial charge in [-0.2, -0.15) is 29.5 Å². The van der Waals surface area contributed by atoms with Crippen molar-refractivity contribution in [1.82, 2.24) is 79.5 Å². The van der Waals surface area contributed by atoms with Crippen LogP contribution in [0, 0.1) is 11.8 Å². The molecule has 4 aliphatic heterocycles. The number of tetrazole rings is 2. The van der Waals surface area contributed by atoms with Crippen molar-refractivity contribution in [2.24, 2.45) is 11.8 Å². The molecule has 10 rings (SSSR count). The first-order valence-electron chi connectivity index (χ1n) is 20.6. The van der Waals surface area contributed by atoms with Crippen LogP contribution in [0.1, 0.15) is 75.8 Å². The SMILES string of the molecule is CCn1nnc([C@H]2O[C@@H](n3cnc4c(N)nc(N5CC[C@@H](CC(=O)C[C@@H]6CCN(c7nc(N)c8ncn([C@@H]9O[C@H](c%10nnn(CC)n%10)[C@@H](O)[C@H]9O)c8n7)C6)C5)nc43)[C@H](O)[C@@H]2O)n1. The smallest absolute Gasteiger partial charge is 0.229 e. The zero-order chi connectivity index (χ0) is 43.0. The number of hydrogen-bond donors (Lipinski definition) is 6. The molecule has 27 heteroatoms. The van der Waals surface area contributed by atoms with E-state index in [-0.39, 0.29) is 40.9 Å². The number of nitrogen functional groups attached to an aromatic ring is 2. The molecule has 10 heterocycles. The average molecular weight is 859 g/mol. The number of Topliss-reactive ketones (excluding diaryl/α,β-unsaturated/α-hetero) is 1. The molecular formula is C35H46N20O7. The molecule has 0 spiro atoms. The molecule has 62 heavy (non-hydrogen) atoms. The van der Waals surface area contributed by atoms with E-state index in [1.54, 1.807) is 0 Å². The van der Waals surface area contributed by atoms with Crippen LogP contribution in [0.15, 0.2) is 12.7 Å². The second kappa shape index (κ2) is 15.6. The Morgan fingerprint density at radius 1 is 0.677 bits per heavy atom. The van der Waals surface area contributed by atoms with E-state index >= 15 is 0 Å². The number of carbonyl (C=O) groups excluding carboxylic acids is 1. The first kappa shape index (κ1) is 40.0. The van der Waals surface area contributed by atoms with Crippen molar-refractivity contribution in [2.45, 2.75) is 102 Å². The highest BCUT2D eigenvalue weighted by Crippen LogP contribution is 2.41. The second-order valence-corrected chi connectivity index (χ2v) is 16.1. The van der Waals surface area contributed by atoms with Gasteiger partial charge in [0, 0.05) is 39.0 Å².